The third kappa shape index (κ3) is 2.29. The second-order valence-corrected chi connectivity index (χ2v) is 6.52. The van der Waals surface area contributed by atoms with Crippen LogP contribution < -0.4 is 5.73 Å². The summed E-state index contributed by atoms with van der Waals surface area (Å²) in [6, 6.07) is 0. The molecular weight excluding hydrogens is 201 g/mol. The summed E-state index contributed by atoms with van der Waals surface area (Å²) in [5, 5.41) is 0. The van der Waals surface area contributed by atoms with E-state index >= 15 is 0 Å². The van der Waals surface area contributed by atoms with Crippen molar-refractivity contribution in [3.05, 3.63) is 0 Å². The maximum absolute atomic E-state index is 6.08. The zero-order valence-electron chi connectivity index (χ0n) is 11.0. The summed E-state index contributed by atoms with van der Waals surface area (Å²) >= 11 is 0. The number of hydrogen-bond donors (Lipinski definition) is 1. The van der Waals surface area contributed by atoms with Crippen LogP contribution in [0.1, 0.15) is 53.4 Å². The molecular formula is C12H24BNO2. The van der Waals surface area contributed by atoms with Crippen molar-refractivity contribution in [1.29, 1.82) is 0 Å². The highest BCUT2D eigenvalue weighted by Crippen LogP contribution is 2.45. The molecule has 1 aliphatic carbocycles. The van der Waals surface area contributed by atoms with Gasteiger partial charge >= 0.3 is 7.12 Å². The smallest absolute Gasteiger partial charge is 0.404 e. The van der Waals surface area contributed by atoms with Crippen LogP contribution in [0, 0.1) is 5.41 Å². The van der Waals surface area contributed by atoms with Crippen LogP contribution in [0.3, 0.4) is 0 Å². The van der Waals surface area contributed by atoms with Gasteiger partial charge in [-0.2, -0.15) is 0 Å². The standard InChI is InChI=1S/C12H24BNO2/c1-9(14)13-15-10-6-5-7-11(2,3)8-12(10,4)16-13/h9-10H,5-8,14H2,1-4H3. The first-order valence-corrected chi connectivity index (χ1v) is 6.41. The predicted octanol–water partition coefficient (Wildman–Crippen LogP) is 2.14. The largest absolute Gasteiger partial charge is 0.475 e. The second kappa shape index (κ2) is 4.00. The SMILES string of the molecule is CC(N)B1OC2CCCC(C)(C)CC2(C)O1. The summed E-state index contributed by atoms with van der Waals surface area (Å²) < 4.78 is 12.0. The Bertz CT molecular complexity index is 270. The molecule has 2 rings (SSSR count). The van der Waals surface area contributed by atoms with Crippen molar-refractivity contribution in [2.45, 2.75) is 71.0 Å². The van der Waals surface area contributed by atoms with Crippen LogP contribution in [0.15, 0.2) is 0 Å². The summed E-state index contributed by atoms with van der Waals surface area (Å²) in [4.78, 5) is 0. The van der Waals surface area contributed by atoms with Gasteiger partial charge in [0, 0.05) is 5.94 Å². The molecule has 92 valence electrons. The Morgan fingerprint density at radius 2 is 2.06 bits per heavy atom. The highest BCUT2D eigenvalue weighted by atomic mass is 16.7. The molecule has 2 fully saturated rings. The summed E-state index contributed by atoms with van der Waals surface area (Å²) in [5.74, 6) is -0.0492. The maximum Gasteiger partial charge on any atom is 0.475 e. The fourth-order valence-electron chi connectivity index (χ4n) is 3.24. The summed E-state index contributed by atoms with van der Waals surface area (Å²) in [6.07, 6.45) is 4.87. The first-order chi connectivity index (χ1) is 7.32. The van der Waals surface area contributed by atoms with Crippen LogP contribution in [-0.4, -0.2) is 24.8 Å². The van der Waals surface area contributed by atoms with E-state index in [4.69, 9.17) is 15.0 Å². The van der Waals surface area contributed by atoms with E-state index in [1.807, 2.05) is 6.92 Å². The molecule has 3 nitrogen and oxygen atoms in total. The lowest BCUT2D eigenvalue weighted by Gasteiger charge is -2.34. The molecule has 2 N–H and O–H groups in total. The Kier molecular flexibility index (Phi) is 3.10. The molecule has 0 spiro atoms. The Balaban J connectivity index is 2.15. The Morgan fingerprint density at radius 3 is 2.69 bits per heavy atom. The lowest BCUT2D eigenvalue weighted by molar-refractivity contribution is 0.0231. The minimum atomic E-state index is -0.219. The molecule has 0 amide bonds. The molecule has 1 heterocycles. The Hall–Kier alpha value is -0.0551. The molecule has 3 unspecified atom stereocenters. The fraction of sp³-hybridized carbons (Fsp3) is 1.00. The molecule has 1 saturated heterocycles. The van der Waals surface area contributed by atoms with Gasteiger partial charge in [0.25, 0.3) is 0 Å². The van der Waals surface area contributed by atoms with Gasteiger partial charge in [-0.15, -0.1) is 0 Å². The maximum atomic E-state index is 6.08. The average Bonchev–Trinajstić information content (AvgIpc) is 2.37. The van der Waals surface area contributed by atoms with Crippen LogP contribution in [0.2, 0.25) is 0 Å². The van der Waals surface area contributed by atoms with Gasteiger partial charge in [-0.1, -0.05) is 27.2 Å². The van der Waals surface area contributed by atoms with E-state index < -0.39 is 0 Å². The predicted molar refractivity (Wildman–Crippen MR) is 66.0 cm³/mol. The summed E-state index contributed by atoms with van der Waals surface area (Å²) in [7, 11) is -0.219. The summed E-state index contributed by atoms with van der Waals surface area (Å²) in [6.45, 7) is 8.78. The molecule has 3 atom stereocenters. The van der Waals surface area contributed by atoms with Crippen molar-refractivity contribution < 1.29 is 9.31 Å². The van der Waals surface area contributed by atoms with E-state index in [1.165, 1.54) is 12.8 Å². The summed E-state index contributed by atoms with van der Waals surface area (Å²) in [5.41, 5.74) is 6.07. The monoisotopic (exact) mass is 225 g/mol. The lowest BCUT2D eigenvalue weighted by atomic mass is 9.77. The minimum Gasteiger partial charge on any atom is -0.404 e. The van der Waals surface area contributed by atoms with Gasteiger partial charge in [0.05, 0.1) is 11.7 Å². The molecule has 1 aliphatic heterocycles. The quantitative estimate of drug-likeness (QED) is 0.695. The molecule has 2 aliphatic rings. The first-order valence-electron chi connectivity index (χ1n) is 6.41. The molecule has 0 aromatic rings. The minimum absolute atomic E-state index is 0.0492. The normalized spacial score (nSPS) is 40.3. The molecule has 0 radical (unpaired) electrons. The van der Waals surface area contributed by atoms with Gasteiger partial charge in [0.15, 0.2) is 0 Å². The van der Waals surface area contributed by atoms with E-state index in [0.29, 0.717) is 5.41 Å². The zero-order chi connectivity index (χ0) is 12.0. The van der Waals surface area contributed by atoms with Crippen LogP contribution in [0.5, 0.6) is 0 Å². The van der Waals surface area contributed by atoms with E-state index in [9.17, 15) is 0 Å². The van der Waals surface area contributed by atoms with Crippen molar-refractivity contribution in [2.24, 2.45) is 11.1 Å². The van der Waals surface area contributed by atoms with Crippen LogP contribution in [0.4, 0.5) is 0 Å². The number of rotatable bonds is 1. The number of hydrogen-bond acceptors (Lipinski definition) is 3. The molecule has 0 aromatic heterocycles. The molecule has 0 bridgehead atoms. The Labute approximate surface area is 99.2 Å². The van der Waals surface area contributed by atoms with Crippen molar-refractivity contribution in [2.75, 3.05) is 0 Å². The topological polar surface area (TPSA) is 44.5 Å². The lowest BCUT2D eigenvalue weighted by Crippen LogP contribution is -2.41. The van der Waals surface area contributed by atoms with Gasteiger partial charge in [-0.3, -0.25) is 0 Å². The third-order valence-corrected chi connectivity index (χ3v) is 3.94. The zero-order valence-corrected chi connectivity index (χ0v) is 11.0. The van der Waals surface area contributed by atoms with Gasteiger partial charge in [-0.25, -0.2) is 0 Å². The average molecular weight is 225 g/mol. The van der Waals surface area contributed by atoms with E-state index in [0.717, 1.165) is 12.8 Å². The van der Waals surface area contributed by atoms with Gasteiger partial charge < -0.3 is 15.0 Å². The van der Waals surface area contributed by atoms with Crippen molar-refractivity contribution in [3.63, 3.8) is 0 Å². The second-order valence-electron chi connectivity index (χ2n) is 6.52. The first kappa shape index (κ1) is 12.4. The van der Waals surface area contributed by atoms with Crippen LogP contribution in [-0.2, 0) is 9.31 Å². The number of fused-ring (bicyclic) bond motifs is 1. The molecule has 16 heavy (non-hydrogen) atoms. The highest BCUT2D eigenvalue weighted by molar-refractivity contribution is 6.47. The van der Waals surface area contributed by atoms with Crippen LogP contribution in [0.25, 0.3) is 0 Å². The van der Waals surface area contributed by atoms with Crippen molar-refractivity contribution >= 4 is 7.12 Å². The highest BCUT2D eigenvalue weighted by Gasteiger charge is 2.52. The van der Waals surface area contributed by atoms with Gasteiger partial charge in [-0.05, 0) is 31.6 Å². The van der Waals surface area contributed by atoms with E-state index in [2.05, 4.69) is 20.8 Å². The third-order valence-electron chi connectivity index (χ3n) is 3.94. The van der Waals surface area contributed by atoms with Gasteiger partial charge in [0.2, 0.25) is 0 Å². The van der Waals surface area contributed by atoms with Crippen LogP contribution >= 0.6 is 0 Å². The van der Waals surface area contributed by atoms with Crippen molar-refractivity contribution in [1.82, 2.24) is 0 Å². The molecule has 0 aromatic carbocycles. The van der Waals surface area contributed by atoms with E-state index in [-0.39, 0.29) is 24.8 Å². The number of nitrogens with two attached hydrogens (primary N) is 1. The molecule has 4 heteroatoms. The Morgan fingerprint density at radius 1 is 1.38 bits per heavy atom. The van der Waals surface area contributed by atoms with E-state index in [1.54, 1.807) is 0 Å². The fourth-order valence-corrected chi connectivity index (χ4v) is 3.24. The van der Waals surface area contributed by atoms with Crippen molar-refractivity contribution in [3.8, 4) is 0 Å². The van der Waals surface area contributed by atoms with Gasteiger partial charge in [0.1, 0.15) is 0 Å². The molecule has 1 saturated carbocycles.